The minimum atomic E-state index is -0.300. The van der Waals surface area contributed by atoms with E-state index in [0.717, 1.165) is 5.56 Å². The fourth-order valence-electron chi connectivity index (χ4n) is 2.33. The van der Waals surface area contributed by atoms with Gasteiger partial charge in [0.25, 0.3) is 5.91 Å². The molecule has 0 saturated carbocycles. The summed E-state index contributed by atoms with van der Waals surface area (Å²) >= 11 is 0. The fraction of sp³-hybridized carbons (Fsp3) is 0.294. The molecule has 0 N–H and O–H groups in total. The van der Waals surface area contributed by atoms with Gasteiger partial charge in [0.2, 0.25) is 5.88 Å². The van der Waals surface area contributed by atoms with Crippen LogP contribution in [0.2, 0.25) is 0 Å². The van der Waals surface area contributed by atoms with E-state index in [1.54, 1.807) is 29.2 Å². The zero-order chi connectivity index (χ0) is 16.1. The highest BCUT2D eigenvalue weighted by molar-refractivity contribution is 5.94. The van der Waals surface area contributed by atoms with Crippen molar-refractivity contribution in [3.63, 3.8) is 0 Å². The Hall–Kier alpha value is -2.47. The number of nitrogens with zero attached hydrogens (tertiary/aromatic N) is 2. The molecule has 1 saturated heterocycles. The van der Waals surface area contributed by atoms with Gasteiger partial charge in [0.05, 0.1) is 18.8 Å². The van der Waals surface area contributed by atoms with Crippen molar-refractivity contribution >= 4 is 5.91 Å². The number of pyridine rings is 1. The summed E-state index contributed by atoms with van der Waals surface area (Å²) in [7, 11) is 0. The maximum atomic E-state index is 13.1. The zero-order valence-electron chi connectivity index (χ0n) is 12.6. The van der Waals surface area contributed by atoms with Crippen molar-refractivity contribution in [2.24, 2.45) is 0 Å². The second-order valence-electron chi connectivity index (χ2n) is 5.21. The number of morpholine rings is 1. The van der Waals surface area contributed by atoms with E-state index in [1.165, 1.54) is 18.3 Å². The van der Waals surface area contributed by atoms with Gasteiger partial charge in [-0.2, -0.15) is 0 Å². The van der Waals surface area contributed by atoms with Gasteiger partial charge in [-0.05, 0) is 23.8 Å². The van der Waals surface area contributed by atoms with Gasteiger partial charge in [-0.15, -0.1) is 0 Å². The molecule has 1 fully saturated rings. The number of rotatable bonds is 4. The molecule has 2 heterocycles. The molecule has 6 heteroatoms. The third kappa shape index (κ3) is 4.04. The van der Waals surface area contributed by atoms with Crippen molar-refractivity contribution in [1.82, 2.24) is 9.88 Å². The van der Waals surface area contributed by atoms with Crippen molar-refractivity contribution in [2.75, 3.05) is 26.3 Å². The molecular formula is C17H17FN2O3. The predicted molar refractivity (Wildman–Crippen MR) is 81.7 cm³/mol. The molecule has 0 spiro atoms. The minimum absolute atomic E-state index is 0.0579. The molecule has 0 aliphatic carbocycles. The Morgan fingerprint density at radius 3 is 2.78 bits per heavy atom. The maximum absolute atomic E-state index is 13.1. The van der Waals surface area contributed by atoms with Crippen LogP contribution in [0.25, 0.3) is 0 Å². The molecule has 1 aromatic heterocycles. The van der Waals surface area contributed by atoms with Crippen molar-refractivity contribution in [3.8, 4) is 5.88 Å². The Kier molecular flexibility index (Phi) is 4.83. The van der Waals surface area contributed by atoms with E-state index < -0.39 is 0 Å². The minimum Gasteiger partial charge on any atom is -0.473 e. The lowest BCUT2D eigenvalue weighted by atomic mass is 10.2. The average molecular weight is 316 g/mol. The molecule has 3 rings (SSSR count). The van der Waals surface area contributed by atoms with Crippen LogP contribution in [0.15, 0.2) is 42.6 Å². The molecule has 1 aliphatic rings. The predicted octanol–water partition coefficient (Wildman–Crippen LogP) is 2.27. The molecule has 5 nitrogen and oxygen atoms in total. The Morgan fingerprint density at radius 1 is 1.26 bits per heavy atom. The van der Waals surface area contributed by atoms with Crippen molar-refractivity contribution in [2.45, 2.75) is 6.61 Å². The summed E-state index contributed by atoms with van der Waals surface area (Å²) in [5.41, 5.74) is 1.24. The number of amides is 1. The average Bonchev–Trinajstić information content (AvgIpc) is 2.61. The molecule has 23 heavy (non-hydrogen) atoms. The SMILES string of the molecule is O=C(c1ccc(OCc2cccc(F)c2)nc1)N1CCOCC1. The van der Waals surface area contributed by atoms with Crippen LogP contribution in [-0.4, -0.2) is 42.1 Å². The summed E-state index contributed by atoms with van der Waals surface area (Å²) in [5, 5.41) is 0. The molecular weight excluding hydrogens is 299 g/mol. The van der Waals surface area contributed by atoms with Crippen molar-refractivity contribution in [1.29, 1.82) is 0 Å². The topological polar surface area (TPSA) is 51.7 Å². The van der Waals surface area contributed by atoms with Crippen molar-refractivity contribution in [3.05, 3.63) is 59.5 Å². The lowest BCUT2D eigenvalue weighted by molar-refractivity contribution is 0.0302. The molecule has 1 amide bonds. The summed E-state index contributed by atoms with van der Waals surface area (Å²) < 4.78 is 23.8. The van der Waals surface area contributed by atoms with Gasteiger partial charge in [0, 0.05) is 25.4 Å². The molecule has 0 atom stereocenters. The van der Waals surface area contributed by atoms with Gasteiger partial charge in [-0.3, -0.25) is 4.79 Å². The van der Waals surface area contributed by atoms with E-state index in [2.05, 4.69) is 4.98 Å². The van der Waals surface area contributed by atoms with Crippen LogP contribution >= 0.6 is 0 Å². The lowest BCUT2D eigenvalue weighted by Crippen LogP contribution is -2.40. The largest absolute Gasteiger partial charge is 0.473 e. The fourth-order valence-corrected chi connectivity index (χ4v) is 2.33. The number of carbonyl (C=O) groups excluding carboxylic acids is 1. The Bertz CT molecular complexity index is 670. The van der Waals surface area contributed by atoms with E-state index in [4.69, 9.17) is 9.47 Å². The Balaban J connectivity index is 1.59. The third-order valence-corrected chi connectivity index (χ3v) is 3.56. The van der Waals surface area contributed by atoms with Gasteiger partial charge in [-0.25, -0.2) is 9.37 Å². The summed E-state index contributed by atoms with van der Waals surface area (Å²) in [5.74, 6) is 0.0378. The number of halogens is 1. The van der Waals surface area contributed by atoms with E-state index in [9.17, 15) is 9.18 Å². The van der Waals surface area contributed by atoms with Crippen LogP contribution in [0.1, 0.15) is 15.9 Å². The van der Waals surface area contributed by atoms with Crippen molar-refractivity contribution < 1.29 is 18.7 Å². The van der Waals surface area contributed by atoms with Gasteiger partial charge in [-0.1, -0.05) is 12.1 Å². The highest BCUT2D eigenvalue weighted by atomic mass is 19.1. The van der Waals surface area contributed by atoms with E-state index >= 15 is 0 Å². The highest BCUT2D eigenvalue weighted by Gasteiger charge is 2.18. The van der Waals surface area contributed by atoms with Crippen LogP contribution in [0.4, 0.5) is 4.39 Å². The summed E-state index contributed by atoms with van der Waals surface area (Å²) in [6, 6.07) is 9.54. The Morgan fingerprint density at radius 2 is 2.09 bits per heavy atom. The first-order valence-electron chi connectivity index (χ1n) is 7.43. The number of carbonyl (C=O) groups is 1. The molecule has 2 aromatic rings. The monoisotopic (exact) mass is 316 g/mol. The van der Waals surface area contributed by atoms with Crippen LogP contribution in [0, 0.1) is 5.82 Å². The Labute approximate surface area is 133 Å². The number of hydrogen-bond donors (Lipinski definition) is 0. The number of benzene rings is 1. The standard InChI is InChI=1S/C17H17FN2O3/c18-15-3-1-2-13(10-15)12-23-16-5-4-14(11-19-16)17(21)20-6-8-22-9-7-20/h1-5,10-11H,6-9,12H2. The van der Waals surface area contributed by atoms with Crippen LogP contribution < -0.4 is 4.74 Å². The lowest BCUT2D eigenvalue weighted by Gasteiger charge is -2.26. The molecule has 120 valence electrons. The second-order valence-corrected chi connectivity index (χ2v) is 5.21. The second kappa shape index (κ2) is 7.19. The van der Waals surface area contributed by atoms with E-state index in [-0.39, 0.29) is 18.3 Å². The smallest absolute Gasteiger partial charge is 0.255 e. The van der Waals surface area contributed by atoms with Gasteiger partial charge in [0.1, 0.15) is 12.4 Å². The van der Waals surface area contributed by atoms with E-state index in [1.807, 2.05) is 0 Å². The molecule has 0 radical (unpaired) electrons. The van der Waals surface area contributed by atoms with Gasteiger partial charge >= 0.3 is 0 Å². The summed E-state index contributed by atoms with van der Waals surface area (Å²) in [4.78, 5) is 18.2. The van der Waals surface area contributed by atoms with Gasteiger partial charge in [0.15, 0.2) is 0 Å². The quantitative estimate of drug-likeness (QED) is 0.868. The number of ether oxygens (including phenoxy) is 2. The first kappa shape index (κ1) is 15.4. The molecule has 1 aliphatic heterocycles. The first-order chi connectivity index (χ1) is 11.2. The first-order valence-corrected chi connectivity index (χ1v) is 7.43. The molecule has 1 aromatic carbocycles. The zero-order valence-corrected chi connectivity index (χ0v) is 12.6. The maximum Gasteiger partial charge on any atom is 0.255 e. The van der Waals surface area contributed by atoms with Crippen LogP contribution in [0.3, 0.4) is 0 Å². The highest BCUT2D eigenvalue weighted by Crippen LogP contribution is 2.13. The third-order valence-electron chi connectivity index (χ3n) is 3.56. The van der Waals surface area contributed by atoms with E-state index in [0.29, 0.717) is 37.7 Å². The molecule has 0 unspecified atom stereocenters. The summed E-state index contributed by atoms with van der Waals surface area (Å²) in [6.45, 7) is 2.54. The normalized spacial score (nSPS) is 14.6. The van der Waals surface area contributed by atoms with Gasteiger partial charge < -0.3 is 14.4 Å². The summed E-state index contributed by atoms with van der Waals surface area (Å²) in [6.07, 6.45) is 1.50. The van der Waals surface area contributed by atoms with Crippen LogP contribution in [0.5, 0.6) is 5.88 Å². The number of aromatic nitrogens is 1. The number of hydrogen-bond acceptors (Lipinski definition) is 4. The molecule has 0 bridgehead atoms. The van der Waals surface area contributed by atoms with Crippen LogP contribution in [-0.2, 0) is 11.3 Å².